The summed E-state index contributed by atoms with van der Waals surface area (Å²) in [6.45, 7) is 5.81. The predicted molar refractivity (Wildman–Crippen MR) is 117 cm³/mol. The molecule has 0 fully saturated rings. The van der Waals surface area contributed by atoms with Crippen molar-refractivity contribution < 1.29 is 9.59 Å². The molecule has 3 aromatic rings. The van der Waals surface area contributed by atoms with Crippen molar-refractivity contribution in [3.05, 3.63) is 65.9 Å². The van der Waals surface area contributed by atoms with Crippen LogP contribution in [-0.2, 0) is 9.59 Å². The van der Waals surface area contributed by atoms with Gasteiger partial charge in [-0.3, -0.25) is 19.5 Å². The van der Waals surface area contributed by atoms with E-state index in [1.807, 2.05) is 62.4 Å². The van der Waals surface area contributed by atoms with Crippen LogP contribution in [0.15, 0.2) is 54.7 Å². The molecule has 0 saturated heterocycles. The minimum atomic E-state index is -0.481. The number of fused-ring (bicyclic) bond motifs is 1. The monoisotopic (exact) mass is 390 g/mol. The lowest BCUT2D eigenvalue weighted by atomic mass is 10.1. The van der Waals surface area contributed by atoms with Gasteiger partial charge in [0.05, 0.1) is 23.8 Å². The van der Waals surface area contributed by atoms with Gasteiger partial charge in [-0.2, -0.15) is 0 Å². The van der Waals surface area contributed by atoms with E-state index in [4.69, 9.17) is 0 Å². The number of nitrogens with zero attached hydrogens (tertiary/aromatic N) is 2. The summed E-state index contributed by atoms with van der Waals surface area (Å²) in [6.07, 6.45) is 1.72. The van der Waals surface area contributed by atoms with Gasteiger partial charge >= 0.3 is 0 Å². The van der Waals surface area contributed by atoms with Gasteiger partial charge in [0.1, 0.15) is 0 Å². The number of anilines is 2. The Bertz CT molecular complexity index is 1020. The summed E-state index contributed by atoms with van der Waals surface area (Å²) in [5.74, 6) is -0.331. The maximum atomic E-state index is 12.7. The number of benzene rings is 2. The van der Waals surface area contributed by atoms with Crippen molar-refractivity contribution in [1.82, 2.24) is 9.88 Å². The van der Waals surface area contributed by atoms with Crippen LogP contribution < -0.4 is 10.6 Å². The lowest BCUT2D eigenvalue weighted by Crippen LogP contribution is -2.43. The number of pyridine rings is 1. The van der Waals surface area contributed by atoms with Gasteiger partial charge in [-0.25, -0.2) is 0 Å². The van der Waals surface area contributed by atoms with E-state index in [-0.39, 0.29) is 18.4 Å². The third kappa shape index (κ3) is 4.78. The molecule has 2 N–H and O–H groups in total. The van der Waals surface area contributed by atoms with Crippen LogP contribution in [0.4, 0.5) is 11.4 Å². The maximum absolute atomic E-state index is 12.7. The fourth-order valence-corrected chi connectivity index (χ4v) is 3.20. The summed E-state index contributed by atoms with van der Waals surface area (Å²) in [5.41, 5.74) is 4.37. The second-order valence-corrected chi connectivity index (χ2v) is 7.27. The third-order valence-electron chi connectivity index (χ3n) is 5.08. The minimum absolute atomic E-state index is 0.111. The van der Waals surface area contributed by atoms with Crippen LogP contribution in [-0.4, -0.2) is 41.3 Å². The van der Waals surface area contributed by atoms with Crippen LogP contribution in [0.1, 0.15) is 18.1 Å². The van der Waals surface area contributed by atoms with Crippen molar-refractivity contribution in [3.8, 4) is 0 Å². The van der Waals surface area contributed by atoms with E-state index >= 15 is 0 Å². The SMILES string of the molecule is Cc1cccc(C)c1NC(=O)CN(C)[C@H](C)C(=O)Nc1cccc2ncccc12. The molecule has 0 aliphatic heterocycles. The van der Waals surface area contributed by atoms with Crippen LogP contribution in [0.2, 0.25) is 0 Å². The van der Waals surface area contributed by atoms with E-state index in [1.165, 1.54) is 0 Å². The maximum Gasteiger partial charge on any atom is 0.241 e. The van der Waals surface area contributed by atoms with Gasteiger partial charge in [-0.05, 0) is 63.2 Å². The number of rotatable bonds is 6. The second kappa shape index (κ2) is 8.84. The molecule has 0 saturated carbocycles. The molecule has 0 aliphatic carbocycles. The van der Waals surface area contributed by atoms with Crippen molar-refractivity contribution in [2.75, 3.05) is 24.2 Å². The summed E-state index contributed by atoms with van der Waals surface area (Å²) >= 11 is 0. The first-order valence-corrected chi connectivity index (χ1v) is 9.57. The first-order valence-electron chi connectivity index (χ1n) is 9.57. The number of likely N-dealkylation sites (N-methyl/N-ethyl adjacent to an activating group) is 1. The van der Waals surface area contributed by atoms with Gasteiger partial charge in [0, 0.05) is 17.3 Å². The van der Waals surface area contributed by atoms with E-state index in [0.717, 1.165) is 27.7 Å². The van der Waals surface area contributed by atoms with E-state index in [2.05, 4.69) is 15.6 Å². The summed E-state index contributed by atoms with van der Waals surface area (Å²) in [5, 5.41) is 6.79. The summed E-state index contributed by atoms with van der Waals surface area (Å²) in [7, 11) is 1.76. The number of para-hydroxylation sites is 1. The third-order valence-corrected chi connectivity index (χ3v) is 5.08. The molecule has 1 aromatic heterocycles. The lowest BCUT2D eigenvalue weighted by molar-refractivity contribution is -0.122. The number of carbonyl (C=O) groups is 2. The molecular weight excluding hydrogens is 364 g/mol. The molecule has 0 spiro atoms. The molecule has 1 atom stereocenters. The quantitative estimate of drug-likeness (QED) is 0.672. The number of carbonyl (C=O) groups excluding carboxylic acids is 2. The molecule has 150 valence electrons. The van der Waals surface area contributed by atoms with E-state index in [0.29, 0.717) is 5.69 Å². The molecule has 2 aromatic carbocycles. The standard InChI is InChI=1S/C23H26N4O2/c1-15-8-5-9-16(2)22(15)26-21(28)14-27(4)17(3)23(29)25-20-12-6-11-19-18(20)10-7-13-24-19/h5-13,17H,14H2,1-4H3,(H,25,29)(H,26,28)/t17-/m1/s1. The summed E-state index contributed by atoms with van der Waals surface area (Å²) in [6, 6.07) is 14.8. The fraction of sp³-hybridized carbons (Fsp3) is 0.261. The van der Waals surface area contributed by atoms with Crippen molar-refractivity contribution in [2.45, 2.75) is 26.8 Å². The van der Waals surface area contributed by atoms with Gasteiger partial charge in [-0.1, -0.05) is 24.3 Å². The molecule has 2 amide bonds. The van der Waals surface area contributed by atoms with E-state index in [1.54, 1.807) is 25.1 Å². The highest BCUT2D eigenvalue weighted by molar-refractivity contribution is 6.03. The Morgan fingerprint density at radius 2 is 1.69 bits per heavy atom. The van der Waals surface area contributed by atoms with Gasteiger partial charge in [0.2, 0.25) is 11.8 Å². The summed E-state index contributed by atoms with van der Waals surface area (Å²) in [4.78, 5) is 31.3. The normalized spacial score (nSPS) is 12.0. The zero-order chi connectivity index (χ0) is 21.0. The van der Waals surface area contributed by atoms with E-state index < -0.39 is 6.04 Å². The highest BCUT2D eigenvalue weighted by Crippen LogP contribution is 2.22. The minimum Gasteiger partial charge on any atom is -0.324 e. The van der Waals surface area contributed by atoms with Crippen LogP contribution in [0.5, 0.6) is 0 Å². The Kier molecular flexibility index (Phi) is 6.24. The zero-order valence-corrected chi connectivity index (χ0v) is 17.2. The Balaban J connectivity index is 1.64. The number of nitrogens with one attached hydrogen (secondary N) is 2. The van der Waals surface area contributed by atoms with Gasteiger partial charge in [0.25, 0.3) is 0 Å². The fourth-order valence-electron chi connectivity index (χ4n) is 3.20. The van der Waals surface area contributed by atoms with Crippen LogP contribution in [0, 0.1) is 13.8 Å². The first kappa shape index (κ1) is 20.5. The van der Waals surface area contributed by atoms with Crippen molar-refractivity contribution in [2.24, 2.45) is 0 Å². The molecule has 6 heteroatoms. The number of hydrogen-bond donors (Lipinski definition) is 2. The van der Waals surface area contributed by atoms with Crippen LogP contribution in [0.25, 0.3) is 10.9 Å². The van der Waals surface area contributed by atoms with Gasteiger partial charge in [0.15, 0.2) is 0 Å². The summed E-state index contributed by atoms with van der Waals surface area (Å²) < 4.78 is 0. The molecule has 0 bridgehead atoms. The van der Waals surface area contributed by atoms with Gasteiger partial charge in [-0.15, -0.1) is 0 Å². The highest BCUT2D eigenvalue weighted by Gasteiger charge is 2.21. The van der Waals surface area contributed by atoms with Crippen molar-refractivity contribution >= 4 is 34.1 Å². The molecule has 0 radical (unpaired) electrons. The molecule has 0 unspecified atom stereocenters. The highest BCUT2D eigenvalue weighted by atomic mass is 16.2. The van der Waals surface area contributed by atoms with Crippen LogP contribution >= 0.6 is 0 Å². The largest absolute Gasteiger partial charge is 0.324 e. The molecule has 6 nitrogen and oxygen atoms in total. The molecule has 1 heterocycles. The smallest absolute Gasteiger partial charge is 0.241 e. The average molecular weight is 390 g/mol. The topological polar surface area (TPSA) is 74.3 Å². The Morgan fingerprint density at radius 3 is 2.41 bits per heavy atom. The Morgan fingerprint density at radius 1 is 1.00 bits per heavy atom. The number of amides is 2. The molecular formula is C23H26N4O2. The Labute approximate surface area is 170 Å². The number of aromatic nitrogens is 1. The second-order valence-electron chi connectivity index (χ2n) is 7.27. The number of hydrogen-bond acceptors (Lipinski definition) is 4. The molecule has 3 rings (SSSR count). The average Bonchev–Trinajstić information content (AvgIpc) is 2.70. The lowest BCUT2D eigenvalue weighted by Gasteiger charge is -2.24. The first-order chi connectivity index (χ1) is 13.9. The van der Waals surface area contributed by atoms with Crippen LogP contribution in [0.3, 0.4) is 0 Å². The molecule has 29 heavy (non-hydrogen) atoms. The zero-order valence-electron chi connectivity index (χ0n) is 17.2. The van der Waals surface area contributed by atoms with Crippen molar-refractivity contribution in [3.63, 3.8) is 0 Å². The number of aryl methyl sites for hydroxylation is 2. The van der Waals surface area contributed by atoms with E-state index in [9.17, 15) is 9.59 Å². The Hall–Kier alpha value is -3.25. The predicted octanol–water partition coefficient (Wildman–Crippen LogP) is 3.75. The molecule has 0 aliphatic rings. The van der Waals surface area contributed by atoms with Crippen molar-refractivity contribution in [1.29, 1.82) is 0 Å². The van der Waals surface area contributed by atoms with Gasteiger partial charge < -0.3 is 10.6 Å².